The molecule has 1 aliphatic rings. The molecular weight excluding hydrogens is 584 g/mol. The van der Waals surface area contributed by atoms with Crippen molar-refractivity contribution in [2.45, 2.75) is 59.2 Å². The Hall–Kier alpha value is -3.23. The summed E-state index contributed by atoms with van der Waals surface area (Å²) in [6.45, 7) is 7.24. The van der Waals surface area contributed by atoms with Crippen LogP contribution >= 0.6 is 23.2 Å². The lowest BCUT2D eigenvalue weighted by molar-refractivity contribution is -0.211. The van der Waals surface area contributed by atoms with Crippen LogP contribution in [0.4, 0.5) is 30.2 Å². The first kappa shape index (κ1) is 31.7. The Morgan fingerprint density at radius 1 is 1.00 bits per heavy atom. The first-order valence-corrected chi connectivity index (χ1v) is 14.6. The average molecular weight is 620 g/mol. The standard InChI is InChI=1S/C32H35Cl2F3N4O/c1-20-16-29(41-14-12-24(13-15-41)23-8-6-5-7-9-23)26(34)18-27(20)39-21(2)40-28-17-22(10-11-25(28)33)19-38-30(42)31(3,4)32(35,36)37/h5-11,16-18,24H,12-15,19H2,1-4H3,(H,38,42)(H,39,40). The number of aliphatic imine (C=N–C) groups is 1. The zero-order valence-electron chi connectivity index (χ0n) is 24.1. The third kappa shape index (κ3) is 7.39. The van der Waals surface area contributed by atoms with Crippen LogP contribution < -0.4 is 15.5 Å². The molecule has 10 heteroatoms. The number of halogens is 5. The van der Waals surface area contributed by atoms with Crippen LogP contribution in [0.2, 0.25) is 10.0 Å². The van der Waals surface area contributed by atoms with E-state index in [1.54, 1.807) is 25.1 Å². The van der Waals surface area contributed by atoms with Gasteiger partial charge in [0.15, 0.2) is 0 Å². The highest BCUT2D eigenvalue weighted by Crippen LogP contribution is 2.38. The van der Waals surface area contributed by atoms with E-state index in [0.29, 0.717) is 38.7 Å². The maximum Gasteiger partial charge on any atom is 0.402 e. The second kappa shape index (κ2) is 13.0. The Bertz CT molecular complexity index is 1450. The smallest absolute Gasteiger partial charge is 0.370 e. The van der Waals surface area contributed by atoms with Gasteiger partial charge in [-0.25, -0.2) is 4.99 Å². The quantitative estimate of drug-likeness (QED) is 0.205. The summed E-state index contributed by atoms with van der Waals surface area (Å²) in [7, 11) is 0. The summed E-state index contributed by atoms with van der Waals surface area (Å²) in [5.74, 6) is -0.00583. The monoisotopic (exact) mass is 618 g/mol. The molecule has 1 heterocycles. The lowest BCUT2D eigenvalue weighted by Gasteiger charge is -2.34. The number of rotatable bonds is 7. The minimum Gasteiger partial charge on any atom is -0.370 e. The summed E-state index contributed by atoms with van der Waals surface area (Å²) in [5, 5.41) is 6.55. The molecule has 224 valence electrons. The highest BCUT2D eigenvalue weighted by Gasteiger charge is 2.52. The van der Waals surface area contributed by atoms with Gasteiger partial charge in [-0.15, -0.1) is 0 Å². The summed E-state index contributed by atoms with van der Waals surface area (Å²) in [6.07, 6.45) is -2.53. The van der Waals surface area contributed by atoms with Crippen LogP contribution in [0.5, 0.6) is 0 Å². The molecule has 1 fully saturated rings. The molecule has 0 atom stereocenters. The van der Waals surface area contributed by atoms with Crippen LogP contribution in [-0.2, 0) is 11.3 Å². The summed E-state index contributed by atoms with van der Waals surface area (Å²) in [6, 6.07) is 19.5. The fourth-order valence-corrected chi connectivity index (χ4v) is 5.35. The van der Waals surface area contributed by atoms with Gasteiger partial charge in [0.05, 0.1) is 27.1 Å². The lowest BCUT2D eigenvalue weighted by Crippen LogP contribution is -2.46. The number of carbonyl (C=O) groups excluding carboxylic acids is 1. The second-order valence-corrected chi connectivity index (χ2v) is 12.0. The van der Waals surface area contributed by atoms with E-state index in [0.717, 1.165) is 51.0 Å². The number of nitrogens with one attached hydrogen (secondary N) is 2. The van der Waals surface area contributed by atoms with E-state index in [1.165, 1.54) is 5.56 Å². The number of amidine groups is 1. The van der Waals surface area contributed by atoms with Gasteiger partial charge in [0.25, 0.3) is 0 Å². The van der Waals surface area contributed by atoms with Crippen molar-refractivity contribution >= 4 is 52.0 Å². The third-order valence-electron chi connectivity index (χ3n) is 7.74. The Kier molecular flexibility index (Phi) is 9.78. The second-order valence-electron chi connectivity index (χ2n) is 11.2. The van der Waals surface area contributed by atoms with Crippen molar-refractivity contribution < 1.29 is 18.0 Å². The van der Waals surface area contributed by atoms with Crippen LogP contribution in [0, 0.1) is 12.3 Å². The van der Waals surface area contributed by atoms with Crippen LogP contribution in [0.1, 0.15) is 56.2 Å². The van der Waals surface area contributed by atoms with Crippen molar-refractivity contribution in [3.05, 3.63) is 87.4 Å². The van der Waals surface area contributed by atoms with Crippen LogP contribution in [0.25, 0.3) is 0 Å². The first-order valence-electron chi connectivity index (χ1n) is 13.8. The summed E-state index contributed by atoms with van der Waals surface area (Å²) in [4.78, 5) is 19.2. The van der Waals surface area contributed by atoms with Crippen molar-refractivity contribution in [3.8, 4) is 0 Å². The van der Waals surface area contributed by atoms with Crippen LogP contribution in [0.15, 0.2) is 65.7 Å². The van der Waals surface area contributed by atoms with E-state index in [4.69, 9.17) is 28.2 Å². The van der Waals surface area contributed by atoms with Gasteiger partial charge in [-0.2, -0.15) is 13.2 Å². The van der Waals surface area contributed by atoms with Gasteiger partial charge in [-0.3, -0.25) is 4.79 Å². The van der Waals surface area contributed by atoms with E-state index in [-0.39, 0.29) is 6.54 Å². The Morgan fingerprint density at radius 2 is 1.67 bits per heavy atom. The molecule has 3 aromatic rings. The third-order valence-corrected chi connectivity index (χ3v) is 8.37. The molecule has 0 saturated carbocycles. The first-order chi connectivity index (χ1) is 19.8. The Morgan fingerprint density at radius 3 is 2.31 bits per heavy atom. The number of amides is 1. The molecule has 1 saturated heterocycles. The molecule has 5 nitrogen and oxygen atoms in total. The summed E-state index contributed by atoms with van der Waals surface area (Å²) < 4.78 is 39.5. The van der Waals surface area contributed by atoms with Gasteiger partial charge in [0.2, 0.25) is 5.91 Å². The van der Waals surface area contributed by atoms with Crippen LogP contribution in [-0.4, -0.2) is 31.0 Å². The van der Waals surface area contributed by atoms with Crippen molar-refractivity contribution in [3.63, 3.8) is 0 Å². The van der Waals surface area contributed by atoms with E-state index in [2.05, 4.69) is 45.9 Å². The van der Waals surface area contributed by atoms with E-state index < -0.39 is 17.5 Å². The van der Waals surface area contributed by atoms with Gasteiger partial charge in [-0.1, -0.05) is 59.6 Å². The molecule has 0 aromatic heterocycles. The van der Waals surface area contributed by atoms with Crippen molar-refractivity contribution in [1.82, 2.24) is 5.32 Å². The topological polar surface area (TPSA) is 56.7 Å². The van der Waals surface area contributed by atoms with Gasteiger partial charge >= 0.3 is 6.18 Å². The van der Waals surface area contributed by atoms with Gasteiger partial charge < -0.3 is 15.5 Å². The van der Waals surface area contributed by atoms with E-state index in [9.17, 15) is 18.0 Å². The number of hydrogen-bond donors (Lipinski definition) is 2. The fraction of sp³-hybridized carbons (Fsp3) is 0.375. The normalized spacial score (nSPS) is 15.1. The van der Waals surface area contributed by atoms with Crippen molar-refractivity contribution in [2.75, 3.05) is 23.3 Å². The maximum atomic E-state index is 13.2. The predicted octanol–water partition coefficient (Wildman–Crippen LogP) is 9.05. The Labute approximate surface area is 255 Å². The van der Waals surface area contributed by atoms with Gasteiger partial charge in [-0.05, 0) is 87.4 Å². The Balaban J connectivity index is 1.42. The largest absolute Gasteiger partial charge is 0.402 e. The molecule has 0 unspecified atom stereocenters. The number of carbonyl (C=O) groups is 1. The zero-order valence-corrected chi connectivity index (χ0v) is 25.6. The zero-order chi connectivity index (χ0) is 30.7. The maximum absolute atomic E-state index is 13.2. The number of nitrogens with zero attached hydrogens (tertiary/aromatic N) is 2. The predicted molar refractivity (Wildman–Crippen MR) is 166 cm³/mol. The fourth-order valence-electron chi connectivity index (χ4n) is 4.91. The lowest BCUT2D eigenvalue weighted by atomic mass is 9.89. The van der Waals surface area contributed by atoms with E-state index >= 15 is 0 Å². The average Bonchev–Trinajstić information content (AvgIpc) is 2.95. The molecule has 1 aliphatic heterocycles. The number of anilines is 2. The molecule has 42 heavy (non-hydrogen) atoms. The van der Waals surface area contributed by atoms with Gasteiger partial charge in [0.1, 0.15) is 11.3 Å². The molecule has 3 aromatic carbocycles. The highest BCUT2D eigenvalue weighted by atomic mass is 35.5. The van der Waals surface area contributed by atoms with E-state index in [1.807, 2.05) is 19.1 Å². The number of alkyl halides is 3. The molecule has 0 radical (unpaired) electrons. The molecule has 0 aliphatic carbocycles. The summed E-state index contributed by atoms with van der Waals surface area (Å²) >= 11 is 13.1. The number of aryl methyl sites for hydroxylation is 1. The van der Waals surface area contributed by atoms with Crippen LogP contribution in [0.3, 0.4) is 0 Å². The van der Waals surface area contributed by atoms with Gasteiger partial charge in [0, 0.05) is 19.6 Å². The number of piperidine rings is 1. The molecule has 1 amide bonds. The highest BCUT2D eigenvalue weighted by molar-refractivity contribution is 6.34. The molecule has 4 rings (SSSR count). The minimum absolute atomic E-state index is 0.0842. The SMILES string of the molecule is C/C(=N\c1cc(Cl)c(N2CCC(c3ccccc3)CC2)cc1C)Nc1cc(CNC(=O)C(C)(C)C(F)(F)F)ccc1Cl. The molecular formula is C32H35Cl2F3N4O. The van der Waals surface area contributed by atoms with Crippen molar-refractivity contribution in [2.24, 2.45) is 10.4 Å². The number of hydrogen-bond acceptors (Lipinski definition) is 3. The number of benzene rings is 3. The molecule has 2 N–H and O–H groups in total. The molecule has 0 bridgehead atoms. The van der Waals surface area contributed by atoms with Crippen molar-refractivity contribution in [1.29, 1.82) is 0 Å². The summed E-state index contributed by atoms with van der Waals surface area (Å²) in [5.41, 5.74) is 2.65. The minimum atomic E-state index is -4.66. The molecule has 0 spiro atoms.